The van der Waals surface area contributed by atoms with E-state index < -0.39 is 22.5 Å². The van der Waals surface area contributed by atoms with E-state index in [4.69, 9.17) is 0 Å². The molecule has 0 heterocycles. The highest BCUT2D eigenvalue weighted by Gasteiger charge is 1.82. The largest absolute Gasteiger partial charge is 0.759 e. The lowest BCUT2D eigenvalue weighted by atomic mass is 12.6. The zero-order valence-electron chi connectivity index (χ0n) is 4.86. The van der Waals surface area contributed by atoms with E-state index in [-0.39, 0.29) is 0 Å². The van der Waals surface area contributed by atoms with Gasteiger partial charge in [0.1, 0.15) is 0 Å². The fourth-order valence-corrected chi connectivity index (χ4v) is 0.355. The van der Waals surface area contributed by atoms with Crippen LogP contribution in [-0.2, 0) is 27.5 Å². The van der Waals surface area contributed by atoms with Crippen molar-refractivity contribution in [2.24, 2.45) is 0 Å². The number of hydrogen-bond donors (Lipinski definition) is 4. The summed E-state index contributed by atoms with van der Waals surface area (Å²) in [5, 5.41) is 0. The van der Waals surface area contributed by atoms with Crippen molar-refractivity contribution in [3.05, 3.63) is 0 Å². The van der Waals surface area contributed by atoms with E-state index >= 15 is 0 Å². The number of nitrogens with one attached hydrogen (secondary N) is 4. The fraction of sp³-hybridized carbons (Fsp3) is 0. The molecule has 0 aliphatic rings. The summed E-state index contributed by atoms with van der Waals surface area (Å²) < 4.78 is 38.7. The first-order chi connectivity index (χ1) is 5.13. The minimum absolute atomic E-state index is 1.56. The van der Waals surface area contributed by atoms with Gasteiger partial charge in [-0.1, -0.05) is 0 Å². The predicted molar refractivity (Wildman–Crippen MR) is 31.5 cm³/mol. The van der Waals surface area contributed by atoms with Crippen molar-refractivity contribution in [3.63, 3.8) is 0 Å². The molecule has 0 spiro atoms. The quantitative estimate of drug-likeness (QED) is 0.201. The van der Waals surface area contributed by atoms with Crippen LogP contribution in [0.1, 0.15) is 0 Å². The number of hydrogen-bond acceptors (Lipinski definition) is 7. The summed E-state index contributed by atoms with van der Waals surface area (Å²) >= 11 is -5.08. The van der Waals surface area contributed by atoms with E-state index in [0.717, 1.165) is 0 Å². The molecule has 0 aliphatic carbocycles. The Labute approximate surface area is 66.6 Å². The average molecular weight is 204 g/mol. The maximum Gasteiger partial charge on any atom is 0.0343 e. The molecule has 0 aromatic carbocycles. The SMILES string of the molecule is O=S([O-])NNONNS(=O)[O-]. The molecule has 0 radical (unpaired) electrons. The molecule has 11 heavy (non-hydrogen) atoms. The summed E-state index contributed by atoms with van der Waals surface area (Å²) in [7, 11) is 0. The van der Waals surface area contributed by atoms with Crippen molar-refractivity contribution < 1.29 is 22.5 Å². The fourth-order valence-electron chi connectivity index (χ4n) is 0.135. The Hall–Kier alpha value is 0.0200. The van der Waals surface area contributed by atoms with Gasteiger partial charge in [0.15, 0.2) is 0 Å². The third kappa shape index (κ3) is 10.0. The molecule has 0 saturated heterocycles. The Morgan fingerprint density at radius 1 is 1.00 bits per heavy atom. The molecule has 0 fully saturated rings. The Kier molecular flexibility index (Phi) is 6.73. The second kappa shape index (κ2) is 6.71. The first kappa shape index (κ1) is 11.0. The van der Waals surface area contributed by atoms with Gasteiger partial charge in [-0.3, -0.25) is 8.42 Å². The minimum Gasteiger partial charge on any atom is -0.759 e. The zero-order chi connectivity index (χ0) is 8.69. The lowest BCUT2D eigenvalue weighted by Gasteiger charge is -2.10. The predicted octanol–water partition coefficient (Wildman–Crippen LogP) is -3.39. The topological polar surface area (TPSA) is 138 Å². The molecular weight excluding hydrogens is 200 g/mol. The third-order valence-electron chi connectivity index (χ3n) is 0.352. The van der Waals surface area contributed by atoms with E-state index in [1.54, 1.807) is 20.8 Å². The molecule has 2 atom stereocenters. The van der Waals surface area contributed by atoms with Gasteiger partial charge < -0.3 is 9.11 Å². The molecule has 0 amide bonds. The van der Waals surface area contributed by atoms with Crippen molar-refractivity contribution in [1.82, 2.24) is 20.8 Å². The molecule has 0 aliphatic heterocycles. The van der Waals surface area contributed by atoms with Crippen LogP contribution in [0.15, 0.2) is 0 Å². The molecular formula is H4N4O5S2-2. The van der Waals surface area contributed by atoms with Gasteiger partial charge in [-0.2, -0.15) is 14.6 Å². The Morgan fingerprint density at radius 3 is 1.64 bits per heavy atom. The van der Waals surface area contributed by atoms with Gasteiger partial charge in [-0.25, -0.2) is 0 Å². The summed E-state index contributed by atoms with van der Waals surface area (Å²) in [6.07, 6.45) is 0. The maximum atomic E-state index is 9.67. The molecule has 0 aromatic rings. The van der Waals surface area contributed by atoms with E-state index in [0.29, 0.717) is 0 Å². The summed E-state index contributed by atoms with van der Waals surface area (Å²) in [6.45, 7) is 0. The molecule has 0 saturated carbocycles. The van der Waals surface area contributed by atoms with E-state index in [1.165, 1.54) is 0 Å². The number of rotatable bonds is 6. The Bertz CT molecular complexity index is 131. The van der Waals surface area contributed by atoms with Crippen LogP contribution in [0.5, 0.6) is 0 Å². The van der Waals surface area contributed by atoms with Crippen molar-refractivity contribution in [1.29, 1.82) is 0 Å². The lowest BCUT2D eigenvalue weighted by molar-refractivity contribution is -0.0593. The molecule has 68 valence electrons. The average Bonchev–Trinajstić information content (AvgIpc) is 1.85. The standard InChI is InChI=1S/H6N4O5S2/c5-10(6)3-1-9-2-4-11(7)8/h1-4H,(H,5,6)(H,7,8)/p-2. The van der Waals surface area contributed by atoms with Crippen molar-refractivity contribution in [2.75, 3.05) is 0 Å². The van der Waals surface area contributed by atoms with Crippen molar-refractivity contribution in [3.8, 4) is 0 Å². The summed E-state index contributed by atoms with van der Waals surface area (Å²) in [6, 6.07) is 0. The van der Waals surface area contributed by atoms with Crippen LogP contribution in [-0.4, -0.2) is 17.5 Å². The van der Waals surface area contributed by atoms with Crippen LogP contribution >= 0.6 is 0 Å². The van der Waals surface area contributed by atoms with Gasteiger partial charge in [0, 0.05) is 22.5 Å². The van der Waals surface area contributed by atoms with E-state index in [2.05, 4.69) is 4.94 Å². The molecule has 11 heteroatoms. The highest BCUT2D eigenvalue weighted by atomic mass is 32.2. The van der Waals surface area contributed by atoms with Gasteiger partial charge in [-0.15, -0.1) is 11.2 Å². The van der Waals surface area contributed by atoms with Crippen LogP contribution in [0.2, 0.25) is 0 Å². The van der Waals surface area contributed by atoms with Crippen LogP contribution in [0.25, 0.3) is 0 Å². The molecule has 4 N–H and O–H groups in total. The molecule has 0 bridgehead atoms. The second-order valence-corrected chi connectivity index (χ2v) is 2.33. The monoisotopic (exact) mass is 204 g/mol. The smallest absolute Gasteiger partial charge is 0.0343 e. The summed E-state index contributed by atoms with van der Waals surface area (Å²) in [5.41, 5.74) is 3.26. The van der Waals surface area contributed by atoms with Gasteiger partial charge in [0.25, 0.3) is 0 Å². The first-order valence-corrected chi connectivity index (χ1v) is 4.13. The maximum absolute atomic E-state index is 9.67. The van der Waals surface area contributed by atoms with Crippen molar-refractivity contribution >= 4 is 22.5 Å². The summed E-state index contributed by atoms with van der Waals surface area (Å²) in [5.74, 6) is 0. The van der Waals surface area contributed by atoms with Crippen molar-refractivity contribution in [2.45, 2.75) is 0 Å². The highest BCUT2D eigenvalue weighted by Crippen LogP contribution is 1.56. The van der Waals surface area contributed by atoms with Crippen LogP contribution < -0.4 is 20.8 Å². The molecule has 0 rings (SSSR count). The van der Waals surface area contributed by atoms with Crippen LogP contribution in [0, 0.1) is 0 Å². The van der Waals surface area contributed by atoms with Crippen LogP contribution in [0.3, 0.4) is 0 Å². The van der Waals surface area contributed by atoms with E-state index in [1.807, 2.05) is 0 Å². The first-order valence-electron chi connectivity index (χ1n) is 1.98. The highest BCUT2D eigenvalue weighted by molar-refractivity contribution is 7.77. The summed E-state index contributed by atoms with van der Waals surface area (Å²) in [4.78, 5) is 7.07. The van der Waals surface area contributed by atoms with Crippen LogP contribution in [0.4, 0.5) is 0 Å². The Balaban J connectivity index is 3.03. The van der Waals surface area contributed by atoms with E-state index in [9.17, 15) is 17.5 Å². The Morgan fingerprint density at radius 2 is 1.36 bits per heavy atom. The van der Waals surface area contributed by atoms with Gasteiger partial charge >= 0.3 is 0 Å². The van der Waals surface area contributed by atoms with Gasteiger partial charge in [0.05, 0.1) is 0 Å². The molecule has 9 nitrogen and oxygen atoms in total. The molecule has 2 unspecified atom stereocenters. The van der Waals surface area contributed by atoms with Gasteiger partial charge in [0.2, 0.25) is 0 Å². The van der Waals surface area contributed by atoms with Gasteiger partial charge in [-0.05, 0) is 0 Å². The second-order valence-electron chi connectivity index (χ2n) is 0.980. The molecule has 0 aromatic heterocycles. The lowest BCUT2D eigenvalue weighted by Crippen LogP contribution is -2.43. The third-order valence-corrected chi connectivity index (χ3v) is 0.852. The number of hydrazine groups is 2. The normalized spacial score (nSPS) is 16.2. The minimum atomic E-state index is -2.54. The zero-order valence-corrected chi connectivity index (χ0v) is 6.49.